The molecule has 2 aliphatic rings. The van der Waals surface area contributed by atoms with Crippen molar-refractivity contribution in [3.63, 3.8) is 0 Å². The van der Waals surface area contributed by atoms with Crippen LogP contribution in [0.15, 0.2) is 24.3 Å². The molecule has 4 heteroatoms. The van der Waals surface area contributed by atoms with E-state index in [9.17, 15) is 4.79 Å². The minimum atomic E-state index is 0. The summed E-state index contributed by atoms with van der Waals surface area (Å²) in [5.41, 5.74) is 2.72. The van der Waals surface area contributed by atoms with Gasteiger partial charge in [0.25, 0.3) is 0 Å². The van der Waals surface area contributed by atoms with Crippen molar-refractivity contribution in [3.8, 4) is 0 Å². The Balaban J connectivity index is 0.00000147. The third-order valence-electron chi connectivity index (χ3n) is 4.50. The van der Waals surface area contributed by atoms with Crippen LogP contribution in [0.4, 0.5) is 0 Å². The van der Waals surface area contributed by atoms with E-state index in [-0.39, 0.29) is 18.4 Å². The van der Waals surface area contributed by atoms with E-state index in [1.54, 1.807) is 0 Å². The summed E-state index contributed by atoms with van der Waals surface area (Å²) in [6, 6.07) is 9.13. The number of amides is 1. The minimum Gasteiger partial charge on any atom is -0.336 e. The number of fused-ring (bicyclic) bond motifs is 1. The van der Waals surface area contributed by atoms with Gasteiger partial charge in [0, 0.05) is 19.0 Å². The maximum Gasteiger partial charge on any atom is 0.224 e. The molecule has 2 aliphatic heterocycles. The van der Waals surface area contributed by atoms with Crippen molar-refractivity contribution >= 4 is 18.3 Å². The molecule has 0 saturated carbocycles. The zero-order valence-electron chi connectivity index (χ0n) is 12.0. The second kappa shape index (κ2) is 6.59. The second-order valence-corrected chi connectivity index (χ2v) is 5.71. The maximum atomic E-state index is 12.5. The number of rotatable bonds is 2. The Morgan fingerprint density at radius 3 is 2.95 bits per heavy atom. The SMILES string of the molecule is CC1c2ccccc2CCN1C(=O)CC1CCCN1.Cl. The van der Waals surface area contributed by atoms with Crippen LogP contribution in [0.25, 0.3) is 0 Å². The molecule has 0 aromatic heterocycles. The van der Waals surface area contributed by atoms with Crippen molar-refractivity contribution in [2.45, 2.75) is 44.7 Å². The molecule has 3 nitrogen and oxygen atoms in total. The first-order chi connectivity index (χ1) is 9.25. The lowest BCUT2D eigenvalue weighted by Gasteiger charge is -2.36. The highest BCUT2D eigenvalue weighted by Crippen LogP contribution is 2.29. The second-order valence-electron chi connectivity index (χ2n) is 5.71. The number of carbonyl (C=O) groups is 1. The lowest BCUT2D eigenvalue weighted by Crippen LogP contribution is -2.41. The first-order valence-corrected chi connectivity index (χ1v) is 7.36. The fourth-order valence-corrected chi connectivity index (χ4v) is 3.37. The molecule has 2 atom stereocenters. The quantitative estimate of drug-likeness (QED) is 0.909. The average molecular weight is 295 g/mol. The van der Waals surface area contributed by atoms with Crippen molar-refractivity contribution in [3.05, 3.63) is 35.4 Å². The third kappa shape index (κ3) is 2.99. The number of nitrogens with one attached hydrogen (secondary N) is 1. The lowest BCUT2D eigenvalue weighted by atomic mass is 9.93. The fraction of sp³-hybridized carbons (Fsp3) is 0.562. The molecule has 2 heterocycles. The van der Waals surface area contributed by atoms with Gasteiger partial charge in [0.1, 0.15) is 0 Å². The van der Waals surface area contributed by atoms with Crippen LogP contribution in [0.2, 0.25) is 0 Å². The summed E-state index contributed by atoms with van der Waals surface area (Å²) >= 11 is 0. The normalized spacial score (nSPS) is 24.9. The summed E-state index contributed by atoms with van der Waals surface area (Å²) in [6.07, 6.45) is 4.00. The Kier molecular flexibility index (Phi) is 5.06. The van der Waals surface area contributed by atoms with E-state index in [0.29, 0.717) is 18.4 Å². The van der Waals surface area contributed by atoms with Crippen molar-refractivity contribution in [1.82, 2.24) is 10.2 Å². The van der Waals surface area contributed by atoms with Gasteiger partial charge < -0.3 is 10.2 Å². The van der Waals surface area contributed by atoms with Gasteiger partial charge in [-0.25, -0.2) is 0 Å². The van der Waals surface area contributed by atoms with Crippen LogP contribution in [-0.4, -0.2) is 29.9 Å². The molecular formula is C16H23ClN2O. The molecule has 1 saturated heterocycles. The summed E-state index contributed by atoms with van der Waals surface area (Å²) in [6.45, 7) is 4.08. The Hall–Kier alpha value is -1.06. The van der Waals surface area contributed by atoms with Gasteiger partial charge in [0.05, 0.1) is 6.04 Å². The van der Waals surface area contributed by atoms with Crippen molar-refractivity contribution < 1.29 is 4.79 Å². The molecule has 1 N–H and O–H groups in total. The van der Waals surface area contributed by atoms with Crippen LogP contribution in [0.3, 0.4) is 0 Å². The van der Waals surface area contributed by atoms with Crippen molar-refractivity contribution in [2.24, 2.45) is 0 Å². The number of nitrogens with zero attached hydrogens (tertiary/aromatic N) is 1. The monoisotopic (exact) mass is 294 g/mol. The predicted octanol–water partition coefficient (Wildman–Crippen LogP) is 2.70. The molecule has 2 unspecified atom stereocenters. The highest BCUT2D eigenvalue weighted by Gasteiger charge is 2.29. The van der Waals surface area contributed by atoms with Gasteiger partial charge in [-0.1, -0.05) is 24.3 Å². The summed E-state index contributed by atoms with van der Waals surface area (Å²) in [5.74, 6) is 0.307. The molecule has 3 rings (SSSR count). The van der Waals surface area contributed by atoms with Gasteiger partial charge in [-0.2, -0.15) is 0 Å². The van der Waals surface area contributed by atoms with Crippen LogP contribution in [0.5, 0.6) is 0 Å². The van der Waals surface area contributed by atoms with E-state index in [1.165, 1.54) is 17.5 Å². The Morgan fingerprint density at radius 2 is 2.20 bits per heavy atom. The van der Waals surface area contributed by atoms with E-state index in [1.807, 2.05) is 0 Å². The number of halogens is 1. The van der Waals surface area contributed by atoms with E-state index in [2.05, 4.69) is 41.4 Å². The van der Waals surface area contributed by atoms with Crippen molar-refractivity contribution in [2.75, 3.05) is 13.1 Å². The summed E-state index contributed by atoms with van der Waals surface area (Å²) in [4.78, 5) is 14.5. The number of carbonyl (C=O) groups excluding carboxylic acids is 1. The van der Waals surface area contributed by atoms with Crippen LogP contribution in [0, 0.1) is 0 Å². The number of benzene rings is 1. The first kappa shape index (κ1) is 15.3. The van der Waals surface area contributed by atoms with Gasteiger partial charge in [-0.15, -0.1) is 12.4 Å². The van der Waals surface area contributed by atoms with Gasteiger partial charge in [-0.3, -0.25) is 4.79 Å². The van der Waals surface area contributed by atoms with Crippen LogP contribution in [-0.2, 0) is 11.2 Å². The van der Waals surface area contributed by atoms with Crippen LogP contribution >= 0.6 is 12.4 Å². The van der Waals surface area contributed by atoms with E-state index in [4.69, 9.17) is 0 Å². The molecule has 1 aromatic carbocycles. The third-order valence-corrected chi connectivity index (χ3v) is 4.50. The van der Waals surface area contributed by atoms with Gasteiger partial charge in [-0.05, 0) is 43.9 Å². The zero-order valence-corrected chi connectivity index (χ0v) is 12.8. The summed E-state index contributed by atoms with van der Waals surface area (Å²) in [5, 5.41) is 3.41. The summed E-state index contributed by atoms with van der Waals surface area (Å²) in [7, 11) is 0. The predicted molar refractivity (Wildman–Crippen MR) is 83.2 cm³/mol. The van der Waals surface area contributed by atoms with Gasteiger partial charge in [0.15, 0.2) is 0 Å². The van der Waals surface area contributed by atoms with E-state index >= 15 is 0 Å². The molecule has 0 bridgehead atoms. The molecule has 1 fully saturated rings. The standard InChI is InChI=1S/C16H22N2O.ClH/c1-12-15-7-3-2-5-13(15)8-10-18(12)16(19)11-14-6-4-9-17-14;/h2-3,5,7,12,14,17H,4,6,8-11H2,1H3;1H. The molecule has 1 amide bonds. The highest BCUT2D eigenvalue weighted by atomic mass is 35.5. The zero-order chi connectivity index (χ0) is 13.2. The molecular weight excluding hydrogens is 272 g/mol. The molecule has 0 radical (unpaired) electrons. The molecule has 0 aliphatic carbocycles. The fourth-order valence-electron chi connectivity index (χ4n) is 3.37. The lowest BCUT2D eigenvalue weighted by molar-refractivity contribution is -0.134. The maximum absolute atomic E-state index is 12.5. The highest BCUT2D eigenvalue weighted by molar-refractivity contribution is 5.85. The summed E-state index contributed by atoms with van der Waals surface area (Å²) < 4.78 is 0. The molecule has 20 heavy (non-hydrogen) atoms. The molecule has 1 aromatic rings. The number of hydrogen-bond donors (Lipinski definition) is 1. The smallest absolute Gasteiger partial charge is 0.224 e. The number of hydrogen-bond acceptors (Lipinski definition) is 2. The van der Waals surface area contributed by atoms with Crippen LogP contribution in [0.1, 0.15) is 43.4 Å². The Labute approximate surface area is 127 Å². The Bertz CT molecular complexity index is 471. The van der Waals surface area contributed by atoms with E-state index < -0.39 is 0 Å². The van der Waals surface area contributed by atoms with Crippen molar-refractivity contribution in [1.29, 1.82) is 0 Å². The first-order valence-electron chi connectivity index (χ1n) is 7.36. The minimum absolute atomic E-state index is 0. The largest absolute Gasteiger partial charge is 0.336 e. The molecule has 110 valence electrons. The Morgan fingerprint density at radius 1 is 1.40 bits per heavy atom. The topological polar surface area (TPSA) is 32.3 Å². The molecule has 0 spiro atoms. The van der Waals surface area contributed by atoms with Crippen LogP contribution < -0.4 is 5.32 Å². The van der Waals surface area contributed by atoms with E-state index in [0.717, 1.165) is 25.9 Å². The average Bonchev–Trinajstić information content (AvgIpc) is 2.92. The van der Waals surface area contributed by atoms with Gasteiger partial charge >= 0.3 is 0 Å². The van der Waals surface area contributed by atoms with Gasteiger partial charge in [0.2, 0.25) is 5.91 Å².